The summed E-state index contributed by atoms with van der Waals surface area (Å²) in [5, 5.41) is 5.18. The first-order valence-electron chi connectivity index (χ1n) is 23.2. The van der Waals surface area contributed by atoms with Gasteiger partial charge in [-0.2, -0.15) is 0 Å². The summed E-state index contributed by atoms with van der Waals surface area (Å²) in [5.74, 6) is -1.78. The Morgan fingerprint density at radius 3 is 1.27 bits per heavy atom. The number of fused-ring (bicyclic) bond motifs is 4. The van der Waals surface area contributed by atoms with E-state index in [0.29, 0.717) is 0 Å². The van der Waals surface area contributed by atoms with Gasteiger partial charge in [0.05, 0.1) is 0 Å². The van der Waals surface area contributed by atoms with Crippen LogP contribution in [0.2, 0.25) is 13.1 Å². The first-order valence-corrected chi connectivity index (χ1v) is 39.5. The van der Waals surface area contributed by atoms with Gasteiger partial charge in [-0.1, -0.05) is 0 Å². The molecule has 2 unspecified atom stereocenters. The molecule has 0 bridgehead atoms. The second kappa shape index (κ2) is 15.7. The normalized spacial score (nSPS) is 21.6. The van der Waals surface area contributed by atoms with Crippen molar-refractivity contribution in [2.24, 2.45) is 10.8 Å². The quantitative estimate of drug-likeness (QED) is 0.127. The summed E-state index contributed by atoms with van der Waals surface area (Å²) in [5.41, 5.74) is 14.4. The molecule has 6 aromatic carbocycles. The number of hydrogen-bond acceptors (Lipinski definition) is 0. The maximum absolute atomic E-state index is 9.26. The van der Waals surface area contributed by atoms with E-state index in [1.807, 2.05) is 0 Å². The third kappa shape index (κ3) is 6.85. The van der Waals surface area contributed by atoms with Gasteiger partial charge in [-0.25, -0.2) is 0 Å². The Kier molecular flexibility index (Phi) is 10.7. The van der Waals surface area contributed by atoms with Crippen molar-refractivity contribution in [1.82, 2.24) is 0 Å². The van der Waals surface area contributed by atoms with Crippen LogP contribution in [0.4, 0.5) is 0 Å². The fraction of sp³-hybridized carbons (Fsp3) is 0.357. The third-order valence-corrected chi connectivity index (χ3v) is 67.9. The van der Waals surface area contributed by atoms with Gasteiger partial charge in [-0.05, 0) is 0 Å². The Balaban J connectivity index is 1.21. The van der Waals surface area contributed by atoms with Crippen LogP contribution in [0.25, 0.3) is 56.0 Å². The molecule has 0 heterocycles. The fourth-order valence-electron chi connectivity index (χ4n) is 12.9. The minimum absolute atomic E-state index is 0.0739. The number of rotatable bonds is 9. The summed E-state index contributed by atoms with van der Waals surface area (Å²) >= 11 is -5.14. The van der Waals surface area contributed by atoms with Crippen LogP contribution in [-0.2, 0) is 15.6 Å². The Hall–Kier alpha value is -3.00. The maximum atomic E-state index is 9.26. The molecule has 0 spiro atoms. The standard InChI is InChI=1S/2C27H27.C2H7Si.2ClH.Zr/c2*1-27(15-5-2-6-16-27)19-20-17-22-11-8-14-25(26(22)18-20)24-13-7-10-21-9-3-4-12-23(21)24;1-3-2;;;/h2*3-4,7-14,17-18H,2,5-6,15-16,19H2,1H3;3H,1-2H3;2*1H;/q;;;;;+2/p-2. The van der Waals surface area contributed by atoms with Crippen LogP contribution in [0, 0.1) is 10.8 Å². The van der Waals surface area contributed by atoms with Gasteiger partial charge in [-0.15, -0.1) is 0 Å². The first-order chi connectivity index (χ1) is 29.0. The van der Waals surface area contributed by atoms with Crippen LogP contribution in [0.1, 0.15) is 120 Å². The summed E-state index contributed by atoms with van der Waals surface area (Å²) < 4.78 is 0.148. The zero-order chi connectivity index (χ0) is 41.3. The van der Waals surface area contributed by atoms with Crippen molar-refractivity contribution in [3.8, 4) is 22.3 Å². The topological polar surface area (TPSA) is 0 Å². The van der Waals surface area contributed by atoms with E-state index in [4.69, 9.17) is 0 Å². The average molecular weight is 924 g/mol. The summed E-state index contributed by atoms with van der Waals surface area (Å²) in [6, 6.07) is 45.7. The molecule has 4 heteroatoms. The molecule has 60 heavy (non-hydrogen) atoms. The van der Waals surface area contributed by atoms with Crippen molar-refractivity contribution >= 4 is 56.6 Å². The van der Waals surface area contributed by atoms with Gasteiger partial charge in [0, 0.05) is 0 Å². The molecule has 2 saturated carbocycles. The zero-order valence-corrected chi connectivity index (χ0v) is 41.3. The molecule has 10 rings (SSSR count). The third-order valence-electron chi connectivity index (χ3n) is 16.1. The Labute approximate surface area is 368 Å². The molecule has 0 saturated heterocycles. The fourth-order valence-corrected chi connectivity index (χ4v) is 44.2. The van der Waals surface area contributed by atoms with Crippen LogP contribution in [0.15, 0.2) is 132 Å². The van der Waals surface area contributed by atoms with Crippen molar-refractivity contribution in [1.29, 1.82) is 0 Å². The molecule has 2 fully saturated rings. The molecule has 4 aliphatic rings. The minimum atomic E-state index is -5.14. The molecule has 0 aliphatic heterocycles. The molecule has 0 aromatic heterocycles. The van der Waals surface area contributed by atoms with E-state index in [0.717, 1.165) is 12.8 Å². The van der Waals surface area contributed by atoms with E-state index >= 15 is 0 Å². The number of hydrogen-bond donors (Lipinski definition) is 0. The monoisotopic (exact) mass is 921 g/mol. The van der Waals surface area contributed by atoms with E-state index in [1.165, 1.54) is 130 Å². The van der Waals surface area contributed by atoms with Crippen molar-refractivity contribution in [3.05, 3.63) is 155 Å². The van der Waals surface area contributed by atoms with Gasteiger partial charge < -0.3 is 0 Å². The average Bonchev–Trinajstić information content (AvgIpc) is 3.82. The molecule has 0 radical (unpaired) electrons. The van der Waals surface area contributed by atoms with Gasteiger partial charge in [0.1, 0.15) is 0 Å². The van der Waals surface area contributed by atoms with Crippen molar-refractivity contribution in [3.63, 3.8) is 0 Å². The molecule has 6 aromatic rings. The van der Waals surface area contributed by atoms with Crippen LogP contribution >= 0.6 is 17.0 Å². The van der Waals surface area contributed by atoms with Crippen molar-refractivity contribution < 1.29 is 15.6 Å². The van der Waals surface area contributed by atoms with Gasteiger partial charge in [-0.3, -0.25) is 0 Å². The number of halogens is 2. The van der Waals surface area contributed by atoms with Crippen molar-refractivity contribution in [2.45, 2.75) is 111 Å². The molecular formula is C56H61Cl2SiZr. The molecule has 307 valence electrons. The second-order valence-corrected chi connectivity index (χ2v) is 63.0. The molecule has 0 amide bonds. The van der Waals surface area contributed by atoms with E-state index in [1.54, 1.807) is 11.1 Å². The molecular weight excluding hydrogens is 863 g/mol. The zero-order valence-electron chi connectivity index (χ0n) is 36.2. The Morgan fingerprint density at radius 1 is 0.483 bits per heavy atom. The molecule has 0 nitrogen and oxygen atoms in total. The summed E-state index contributed by atoms with van der Waals surface area (Å²) in [6.07, 6.45) is 20.5. The van der Waals surface area contributed by atoms with Gasteiger partial charge >= 0.3 is 371 Å². The number of allylic oxidation sites excluding steroid dienone is 2. The summed E-state index contributed by atoms with van der Waals surface area (Å²) in [6.45, 7) is 10.2. The van der Waals surface area contributed by atoms with Gasteiger partial charge in [0.15, 0.2) is 0 Å². The molecule has 0 N–H and O–H groups in total. The predicted octanol–water partition coefficient (Wildman–Crippen LogP) is 17.6. The summed E-state index contributed by atoms with van der Waals surface area (Å²) in [4.78, 5) is 0. The second-order valence-electron chi connectivity index (χ2n) is 20.5. The van der Waals surface area contributed by atoms with E-state index in [9.17, 15) is 17.0 Å². The number of benzene rings is 6. The first kappa shape index (κ1) is 41.0. The van der Waals surface area contributed by atoms with E-state index in [2.05, 4.69) is 160 Å². The van der Waals surface area contributed by atoms with Gasteiger partial charge in [0.2, 0.25) is 0 Å². The molecule has 2 atom stereocenters. The predicted molar refractivity (Wildman–Crippen MR) is 262 cm³/mol. The van der Waals surface area contributed by atoms with Gasteiger partial charge in [0.25, 0.3) is 0 Å². The van der Waals surface area contributed by atoms with Crippen LogP contribution < -0.4 is 0 Å². The van der Waals surface area contributed by atoms with Crippen LogP contribution in [0.3, 0.4) is 0 Å². The Bertz CT molecular complexity index is 2500. The van der Waals surface area contributed by atoms with Crippen LogP contribution in [-0.4, -0.2) is 5.92 Å². The molecule has 4 aliphatic carbocycles. The summed E-state index contributed by atoms with van der Waals surface area (Å²) in [7, 11) is 18.5. The SMILES string of the molecule is C[SiH](C)[Zr]([Cl])([Cl])([CH]1C(CC2(C)CCCCC2)=Cc2c(-c3cccc4ccccc34)cccc21)[CH]1C(CC2(C)CCCCC2)=Cc2c(-c3cccc4ccccc34)cccc21. The Morgan fingerprint density at radius 2 is 0.850 bits per heavy atom. The van der Waals surface area contributed by atoms with E-state index < -0.39 is 21.5 Å². The van der Waals surface area contributed by atoms with Crippen LogP contribution in [0.5, 0.6) is 0 Å². The van der Waals surface area contributed by atoms with E-state index in [-0.39, 0.29) is 18.1 Å². The van der Waals surface area contributed by atoms with Crippen molar-refractivity contribution in [2.75, 3.05) is 0 Å².